The lowest BCUT2D eigenvalue weighted by molar-refractivity contribution is -0.140. The van der Waals surface area contributed by atoms with E-state index in [0.717, 1.165) is 36.6 Å². The summed E-state index contributed by atoms with van der Waals surface area (Å²) in [5, 5.41) is 2.83. The van der Waals surface area contributed by atoms with Gasteiger partial charge in [0.25, 0.3) is 0 Å². The van der Waals surface area contributed by atoms with Gasteiger partial charge >= 0.3 is 12.3 Å². The molecule has 204 valence electrons. The summed E-state index contributed by atoms with van der Waals surface area (Å²) in [7, 11) is 0. The van der Waals surface area contributed by atoms with Gasteiger partial charge in [0.05, 0.1) is 10.9 Å². The van der Waals surface area contributed by atoms with Gasteiger partial charge in [-0.15, -0.1) is 0 Å². The standard InChI is InChI=1S/C29H28F3N3O3S/c1-27(2,3)38-26(36)35-28(15-8-16-28)19-13-11-18(12-14-19)22-20(17-9-6-5-7-10-17)21-23(29(30,31)32)33-25(39-4)34-24(21)37-22/h5-7,9-14H,8,15-16H2,1-4H3,(H,35,36). The van der Waals surface area contributed by atoms with Crippen molar-refractivity contribution in [2.75, 3.05) is 6.26 Å². The van der Waals surface area contributed by atoms with Crippen molar-refractivity contribution in [1.82, 2.24) is 15.3 Å². The maximum Gasteiger partial charge on any atom is 0.434 e. The van der Waals surface area contributed by atoms with Crippen molar-refractivity contribution in [2.45, 2.75) is 62.5 Å². The first kappa shape index (κ1) is 27.1. The van der Waals surface area contributed by atoms with Crippen molar-refractivity contribution < 1.29 is 27.1 Å². The number of alkyl carbamates (subject to hydrolysis) is 1. The highest BCUT2D eigenvalue weighted by Gasteiger charge is 2.42. The molecule has 0 aliphatic heterocycles. The summed E-state index contributed by atoms with van der Waals surface area (Å²) >= 11 is 1.02. The van der Waals surface area contributed by atoms with Gasteiger partial charge in [-0.3, -0.25) is 0 Å². The van der Waals surface area contributed by atoms with E-state index in [1.165, 1.54) is 0 Å². The molecule has 0 saturated heterocycles. The molecule has 1 saturated carbocycles. The van der Waals surface area contributed by atoms with E-state index in [4.69, 9.17) is 9.15 Å². The molecular weight excluding hydrogens is 527 g/mol. The number of nitrogens with zero attached hydrogens (tertiary/aromatic N) is 2. The van der Waals surface area contributed by atoms with Crippen LogP contribution in [0, 0.1) is 0 Å². The lowest BCUT2D eigenvalue weighted by atomic mass is 9.71. The molecule has 0 atom stereocenters. The average Bonchev–Trinajstić information content (AvgIpc) is 3.24. The molecule has 1 fully saturated rings. The molecule has 4 aromatic rings. The highest BCUT2D eigenvalue weighted by molar-refractivity contribution is 7.98. The summed E-state index contributed by atoms with van der Waals surface area (Å²) in [5.41, 5.74) is -0.0186. The van der Waals surface area contributed by atoms with Crippen LogP contribution in [0.3, 0.4) is 0 Å². The molecular formula is C29H28F3N3O3S. The van der Waals surface area contributed by atoms with Crippen LogP contribution in [0.5, 0.6) is 0 Å². The summed E-state index contributed by atoms with van der Waals surface area (Å²) < 4.78 is 54.1. The monoisotopic (exact) mass is 555 g/mol. The van der Waals surface area contributed by atoms with Crippen LogP contribution in [0.2, 0.25) is 0 Å². The van der Waals surface area contributed by atoms with E-state index in [-0.39, 0.29) is 27.6 Å². The number of amides is 1. The van der Waals surface area contributed by atoms with Gasteiger partial charge in [0.15, 0.2) is 10.9 Å². The predicted molar refractivity (Wildman–Crippen MR) is 144 cm³/mol. The third-order valence-electron chi connectivity index (χ3n) is 6.69. The molecule has 10 heteroatoms. The number of halogens is 3. The van der Waals surface area contributed by atoms with Crippen LogP contribution >= 0.6 is 11.8 Å². The molecule has 6 nitrogen and oxygen atoms in total. The maximum absolute atomic E-state index is 14.2. The summed E-state index contributed by atoms with van der Waals surface area (Å²) in [4.78, 5) is 20.6. The molecule has 0 unspecified atom stereocenters. The number of ether oxygens (including phenoxy) is 1. The number of hydrogen-bond donors (Lipinski definition) is 1. The Bertz CT molecular complexity index is 1510. The van der Waals surface area contributed by atoms with Gasteiger partial charge in [0.2, 0.25) is 5.71 Å². The minimum absolute atomic E-state index is 0.0229. The van der Waals surface area contributed by atoms with Gasteiger partial charge in [0, 0.05) is 11.1 Å². The number of hydrogen-bond acceptors (Lipinski definition) is 6. The van der Waals surface area contributed by atoms with Gasteiger partial charge in [-0.1, -0.05) is 66.4 Å². The van der Waals surface area contributed by atoms with Crippen molar-refractivity contribution in [3.8, 4) is 22.5 Å². The Balaban J connectivity index is 1.61. The van der Waals surface area contributed by atoms with Crippen molar-refractivity contribution in [3.63, 3.8) is 0 Å². The van der Waals surface area contributed by atoms with Gasteiger partial charge in [-0.2, -0.15) is 18.2 Å². The SMILES string of the molecule is CSc1nc(C(F)(F)F)c2c(-c3ccccc3)c(-c3ccc(C4(NC(=O)OC(C)(C)C)CCC4)cc3)oc2n1. The van der Waals surface area contributed by atoms with E-state index in [1.54, 1.807) is 48.7 Å². The highest BCUT2D eigenvalue weighted by atomic mass is 32.2. The van der Waals surface area contributed by atoms with E-state index in [9.17, 15) is 18.0 Å². The lowest BCUT2D eigenvalue weighted by Gasteiger charge is -2.43. The molecule has 2 aromatic heterocycles. The van der Waals surface area contributed by atoms with Gasteiger partial charge in [-0.05, 0) is 57.4 Å². The minimum atomic E-state index is -4.70. The molecule has 0 radical (unpaired) electrons. The zero-order chi connectivity index (χ0) is 28.0. The van der Waals surface area contributed by atoms with E-state index >= 15 is 0 Å². The molecule has 1 aliphatic rings. The Labute approximate surface area is 228 Å². The predicted octanol–water partition coefficient (Wildman–Crippen LogP) is 8.20. The quantitative estimate of drug-likeness (QED) is 0.198. The minimum Gasteiger partial charge on any atom is -0.444 e. The summed E-state index contributed by atoms with van der Waals surface area (Å²) in [5.74, 6) is 0.267. The fraction of sp³-hybridized carbons (Fsp3) is 0.345. The van der Waals surface area contributed by atoms with Crippen LogP contribution in [0.25, 0.3) is 33.6 Å². The van der Waals surface area contributed by atoms with Crippen molar-refractivity contribution in [1.29, 1.82) is 0 Å². The normalized spacial score (nSPS) is 15.2. The number of thioether (sulfide) groups is 1. The van der Waals surface area contributed by atoms with E-state index in [0.29, 0.717) is 11.1 Å². The Morgan fingerprint density at radius 1 is 1.00 bits per heavy atom. The number of carbonyl (C=O) groups excluding carboxylic acids is 1. The Kier molecular flexibility index (Phi) is 6.86. The Morgan fingerprint density at radius 2 is 1.67 bits per heavy atom. The highest BCUT2D eigenvalue weighted by Crippen LogP contribution is 2.47. The second-order valence-corrected chi connectivity index (χ2v) is 11.3. The van der Waals surface area contributed by atoms with Crippen LogP contribution in [-0.4, -0.2) is 27.9 Å². The molecule has 5 rings (SSSR count). The number of furan rings is 1. The van der Waals surface area contributed by atoms with Crippen LogP contribution < -0.4 is 5.32 Å². The lowest BCUT2D eigenvalue weighted by Crippen LogP contribution is -2.52. The topological polar surface area (TPSA) is 77.2 Å². The number of aromatic nitrogens is 2. The number of fused-ring (bicyclic) bond motifs is 1. The van der Waals surface area contributed by atoms with Crippen LogP contribution in [0.1, 0.15) is 51.3 Å². The molecule has 2 heterocycles. The maximum atomic E-state index is 14.2. The summed E-state index contributed by atoms with van der Waals surface area (Å²) in [6.07, 6.45) is -1.11. The van der Waals surface area contributed by atoms with Crippen LogP contribution in [0.15, 0.2) is 64.2 Å². The first-order valence-corrected chi connectivity index (χ1v) is 13.8. The van der Waals surface area contributed by atoms with E-state index in [1.807, 2.05) is 32.9 Å². The number of benzene rings is 2. The molecule has 39 heavy (non-hydrogen) atoms. The third kappa shape index (κ3) is 5.34. The second kappa shape index (κ2) is 9.89. The van der Waals surface area contributed by atoms with Crippen molar-refractivity contribution in [2.24, 2.45) is 0 Å². The molecule has 1 N–H and O–H groups in total. The smallest absolute Gasteiger partial charge is 0.434 e. The number of rotatable bonds is 5. The van der Waals surface area contributed by atoms with E-state index < -0.39 is 29.1 Å². The van der Waals surface area contributed by atoms with E-state index in [2.05, 4.69) is 15.3 Å². The van der Waals surface area contributed by atoms with Gasteiger partial charge in [-0.25, -0.2) is 9.78 Å². The molecule has 0 spiro atoms. The fourth-order valence-electron chi connectivity index (χ4n) is 4.82. The zero-order valence-corrected chi connectivity index (χ0v) is 22.8. The van der Waals surface area contributed by atoms with Crippen molar-refractivity contribution in [3.05, 3.63) is 65.9 Å². The van der Waals surface area contributed by atoms with Crippen LogP contribution in [0.4, 0.5) is 18.0 Å². The Hall–Kier alpha value is -3.53. The van der Waals surface area contributed by atoms with Gasteiger partial charge < -0.3 is 14.5 Å². The van der Waals surface area contributed by atoms with Gasteiger partial charge in [0.1, 0.15) is 11.4 Å². The molecule has 1 amide bonds. The third-order valence-corrected chi connectivity index (χ3v) is 7.24. The van der Waals surface area contributed by atoms with Crippen LogP contribution in [-0.2, 0) is 16.5 Å². The zero-order valence-electron chi connectivity index (χ0n) is 22.0. The second-order valence-electron chi connectivity index (χ2n) is 10.5. The number of nitrogens with one attached hydrogen (secondary N) is 1. The first-order chi connectivity index (χ1) is 18.4. The molecule has 1 aliphatic carbocycles. The fourth-order valence-corrected chi connectivity index (χ4v) is 5.17. The number of alkyl halides is 3. The molecule has 0 bridgehead atoms. The first-order valence-electron chi connectivity index (χ1n) is 12.5. The number of carbonyl (C=O) groups is 1. The summed E-state index contributed by atoms with van der Waals surface area (Å²) in [6.45, 7) is 5.43. The summed E-state index contributed by atoms with van der Waals surface area (Å²) in [6, 6.07) is 16.1. The largest absolute Gasteiger partial charge is 0.444 e. The molecule has 2 aromatic carbocycles. The average molecular weight is 556 g/mol. The Morgan fingerprint density at radius 3 is 2.21 bits per heavy atom. The van der Waals surface area contributed by atoms with Crippen molar-refractivity contribution >= 4 is 29.0 Å².